The summed E-state index contributed by atoms with van der Waals surface area (Å²) in [6.45, 7) is 1.93. The normalized spacial score (nSPS) is 10.9. The van der Waals surface area contributed by atoms with Crippen LogP contribution in [0, 0.1) is 6.92 Å². The lowest BCUT2D eigenvalue weighted by molar-refractivity contribution is 0.284. The predicted octanol–water partition coefficient (Wildman–Crippen LogP) is 4.42. The highest BCUT2D eigenvalue weighted by Gasteiger charge is 2.10. The number of benzene rings is 2. The van der Waals surface area contributed by atoms with Gasteiger partial charge >= 0.3 is 0 Å². The second-order valence-electron chi connectivity index (χ2n) is 6.00. The molecular formula is C20H18Cl2N4O3. The highest BCUT2D eigenvalue weighted by Crippen LogP contribution is 2.31. The summed E-state index contributed by atoms with van der Waals surface area (Å²) >= 11 is 12.3. The van der Waals surface area contributed by atoms with E-state index in [1.807, 2.05) is 6.07 Å². The first-order chi connectivity index (χ1) is 14.0. The summed E-state index contributed by atoms with van der Waals surface area (Å²) in [5.41, 5.74) is 4.48. The van der Waals surface area contributed by atoms with E-state index >= 15 is 0 Å². The van der Waals surface area contributed by atoms with Gasteiger partial charge in [0.25, 0.3) is 5.56 Å². The quantitative estimate of drug-likeness (QED) is 0.426. The monoisotopic (exact) mass is 432 g/mol. The molecule has 0 saturated heterocycles. The first kappa shape index (κ1) is 20.7. The number of ether oxygens (including phenoxy) is 2. The Labute approximate surface area is 177 Å². The first-order valence-corrected chi connectivity index (χ1v) is 9.32. The van der Waals surface area contributed by atoms with E-state index in [0.717, 1.165) is 5.56 Å². The molecule has 0 spiro atoms. The van der Waals surface area contributed by atoms with Gasteiger partial charge in [0, 0.05) is 27.4 Å². The number of hydrazone groups is 1. The molecule has 9 heteroatoms. The van der Waals surface area contributed by atoms with Crippen molar-refractivity contribution in [1.82, 2.24) is 9.97 Å². The van der Waals surface area contributed by atoms with Gasteiger partial charge in [0.15, 0.2) is 11.5 Å². The van der Waals surface area contributed by atoms with Gasteiger partial charge in [0.05, 0.1) is 13.3 Å². The van der Waals surface area contributed by atoms with Crippen LogP contribution in [0.4, 0.5) is 5.95 Å². The predicted molar refractivity (Wildman–Crippen MR) is 115 cm³/mol. The molecule has 0 unspecified atom stereocenters. The Kier molecular flexibility index (Phi) is 6.74. The third kappa shape index (κ3) is 5.49. The number of halogens is 2. The number of nitrogens with zero attached hydrogens (tertiary/aromatic N) is 2. The van der Waals surface area contributed by atoms with Gasteiger partial charge < -0.3 is 9.47 Å². The maximum atomic E-state index is 11.4. The lowest BCUT2D eigenvalue weighted by Gasteiger charge is -2.13. The van der Waals surface area contributed by atoms with E-state index < -0.39 is 0 Å². The minimum Gasteiger partial charge on any atom is -0.493 e. The highest BCUT2D eigenvalue weighted by molar-refractivity contribution is 6.35. The van der Waals surface area contributed by atoms with Crippen molar-refractivity contribution < 1.29 is 9.47 Å². The number of hydrogen-bond donors (Lipinski definition) is 2. The fraction of sp³-hybridized carbons (Fsp3) is 0.150. The first-order valence-electron chi connectivity index (χ1n) is 8.57. The molecule has 150 valence electrons. The standard InChI is InChI=1S/C20H18Cl2N4O3/c1-12-8-19(27)25-20(24-12)26-23-10-13-6-7-17(18(9-13)28-2)29-11-14-15(21)4-3-5-16(14)22/h3-10H,11H2,1-2H3,(H2,24,25,26,27)/b23-10+. The molecule has 0 aliphatic carbocycles. The summed E-state index contributed by atoms with van der Waals surface area (Å²) in [7, 11) is 1.55. The summed E-state index contributed by atoms with van der Waals surface area (Å²) in [4.78, 5) is 18.1. The van der Waals surface area contributed by atoms with E-state index in [4.69, 9.17) is 32.7 Å². The van der Waals surface area contributed by atoms with Gasteiger partial charge in [0.2, 0.25) is 5.95 Å². The van der Waals surface area contributed by atoms with Crippen LogP contribution in [0.25, 0.3) is 0 Å². The molecule has 2 aromatic carbocycles. The number of methoxy groups -OCH3 is 1. The fourth-order valence-corrected chi connectivity index (χ4v) is 3.01. The molecule has 0 aliphatic rings. The molecule has 0 radical (unpaired) electrons. The molecule has 0 amide bonds. The van der Waals surface area contributed by atoms with Gasteiger partial charge in [-0.1, -0.05) is 29.3 Å². The van der Waals surface area contributed by atoms with Gasteiger partial charge in [-0.15, -0.1) is 0 Å². The Balaban J connectivity index is 1.70. The second kappa shape index (κ2) is 9.45. The number of rotatable bonds is 7. The van der Waals surface area contributed by atoms with Gasteiger partial charge in [-0.25, -0.2) is 10.4 Å². The van der Waals surface area contributed by atoms with Gasteiger partial charge in [-0.05, 0) is 42.8 Å². The smallest absolute Gasteiger partial charge is 0.252 e. The van der Waals surface area contributed by atoms with Crippen LogP contribution >= 0.6 is 23.2 Å². The summed E-state index contributed by atoms with van der Waals surface area (Å²) < 4.78 is 11.2. The summed E-state index contributed by atoms with van der Waals surface area (Å²) in [5.74, 6) is 1.33. The summed E-state index contributed by atoms with van der Waals surface area (Å²) in [5, 5.41) is 5.15. The van der Waals surface area contributed by atoms with Crippen molar-refractivity contribution in [2.45, 2.75) is 13.5 Å². The number of hydrogen-bond acceptors (Lipinski definition) is 6. The Morgan fingerprint density at radius 2 is 1.93 bits per heavy atom. The number of aromatic nitrogens is 2. The molecule has 3 aromatic rings. The van der Waals surface area contributed by atoms with Crippen LogP contribution in [-0.4, -0.2) is 23.3 Å². The SMILES string of the molecule is COc1cc(/C=N/Nc2nc(C)cc(=O)[nH]2)ccc1OCc1c(Cl)cccc1Cl. The molecule has 1 heterocycles. The molecule has 2 N–H and O–H groups in total. The van der Waals surface area contributed by atoms with Crippen LogP contribution in [0.1, 0.15) is 16.8 Å². The molecule has 0 aliphatic heterocycles. The van der Waals surface area contributed by atoms with Gasteiger partial charge in [0.1, 0.15) is 6.61 Å². The molecule has 7 nitrogen and oxygen atoms in total. The lowest BCUT2D eigenvalue weighted by Crippen LogP contribution is -2.10. The number of H-pyrrole nitrogens is 1. The van der Waals surface area contributed by atoms with Crippen LogP contribution in [0.2, 0.25) is 10.0 Å². The average molecular weight is 433 g/mol. The Hall–Kier alpha value is -3.03. The lowest BCUT2D eigenvalue weighted by atomic mass is 10.2. The minimum atomic E-state index is -0.253. The molecule has 0 bridgehead atoms. The van der Waals surface area contributed by atoms with E-state index in [-0.39, 0.29) is 18.1 Å². The average Bonchev–Trinajstić information content (AvgIpc) is 2.67. The third-order valence-corrected chi connectivity index (χ3v) is 4.58. The Morgan fingerprint density at radius 1 is 1.17 bits per heavy atom. The van der Waals surface area contributed by atoms with E-state index in [2.05, 4.69) is 20.5 Å². The molecule has 3 rings (SSSR count). The van der Waals surface area contributed by atoms with E-state index in [1.54, 1.807) is 50.6 Å². The zero-order valence-corrected chi connectivity index (χ0v) is 17.2. The van der Waals surface area contributed by atoms with Crippen molar-refractivity contribution in [3.05, 3.63) is 79.7 Å². The van der Waals surface area contributed by atoms with Crippen LogP contribution in [0.5, 0.6) is 11.5 Å². The maximum absolute atomic E-state index is 11.4. The van der Waals surface area contributed by atoms with Gasteiger partial charge in [-0.3, -0.25) is 9.78 Å². The van der Waals surface area contributed by atoms with Crippen LogP contribution in [-0.2, 0) is 6.61 Å². The molecule has 0 fully saturated rings. The topological polar surface area (TPSA) is 88.6 Å². The van der Waals surface area contributed by atoms with Crippen molar-refractivity contribution in [3.63, 3.8) is 0 Å². The van der Waals surface area contributed by atoms with E-state index in [9.17, 15) is 4.79 Å². The van der Waals surface area contributed by atoms with Crippen LogP contribution < -0.4 is 20.5 Å². The summed E-state index contributed by atoms with van der Waals surface area (Å²) in [6.07, 6.45) is 1.57. The van der Waals surface area contributed by atoms with E-state index in [0.29, 0.717) is 32.8 Å². The van der Waals surface area contributed by atoms with Crippen molar-refractivity contribution in [2.24, 2.45) is 5.10 Å². The third-order valence-electron chi connectivity index (χ3n) is 3.88. The number of anilines is 1. The number of aromatic amines is 1. The molecular weight excluding hydrogens is 415 g/mol. The Morgan fingerprint density at radius 3 is 2.62 bits per heavy atom. The number of aryl methyl sites for hydroxylation is 1. The van der Waals surface area contributed by atoms with Gasteiger partial charge in [-0.2, -0.15) is 5.10 Å². The zero-order valence-electron chi connectivity index (χ0n) is 15.7. The zero-order chi connectivity index (χ0) is 20.8. The number of nitrogens with one attached hydrogen (secondary N) is 2. The van der Waals surface area contributed by atoms with Crippen LogP contribution in [0.15, 0.2) is 52.4 Å². The van der Waals surface area contributed by atoms with Crippen molar-refractivity contribution >= 4 is 35.4 Å². The van der Waals surface area contributed by atoms with E-state index in [1.165, 1.54) is 6.07 Å². The molecule has 1 aromatic heterocycles. The second-order valence-corrected chi connectivity index (χ2v) is 6.82. The molecule has 29 heavy (non-hydrogen) atoms. The fourth-order valence-electron chi connectivity index (χ4n) is 2.50. The highest BCUT2D eigenvalue weighted by atomic mass is 35.5. The van der Waals surface area contributed by atoms with Crippen molar-refractivity contribution in [3.8, 4) is 11.5 Å². The molecule has 0 atom stereocenters. The summed E-state index contributed by atoms with van der Waals surface area (Å²) in [6, 6.07) is 12.0. The minimum absolute atomic E-state index is 0.205. The maximum Gasteiger partial charge on any atom is 0.252 e. The van der Waals surface area contributed by atoms with Crippen molar-refractivity contribution in [2.75, 3.05) is 12.5 Å². The molecule has 0 saturated carbocycles. The Bertz CT molecular complexity index is 1080. The van der Waals surface area contributed by atoms with Crippen molar-refractivity contribution in [1.29, 1.82) is 0 Å². The largest absolute Gasteiger partial charge is 0.493 e. The van der Waals surface area contributed by atoms with Crippen LogP contribution in [0.3, 0.4) is 0 Å².